The third kappa shape index (κ3) is 3.22. The van der Waals surface area contributed by atoms with Gasteiger partial charge in [-0.15, -0.1) is 11.3 Å². The standard InChI is InChI=1S/C14H17ClN2O3S/c1-7(2)11-5-10(12(21-11)14(18)19)20-6-9-8(3)16-17(4)13(9)15/h5,7H,6H2,1-4H3,(H,18,19). The maximum atomic E-state index is 11.3. The molecule has 114 valence electrons. The van der Waals surface area contributed by atoms with Crippen LogP contribution >= 0.6 is 22.9 Å². The molecule has 0 unspecified atom stereocenters. The Balaban J connectivity index is 2.25. The van der Waals surface area contributed by atoms with Crippen LogP contribution < -0.4 is 4.74 Å². The third-order valence-electron chi connectivity index (χ3n) is 3.12. The van der Waals surface area contributed by atoms with Gasteiger partial charge < -0.3 is 9.84 Å². The molecule has 21 heavy (non-hydrogen) atoms. The molecule has 2 heterocycles. The first-order valence-corrected chi connectivity index (χ1v) is 7.68. The van der Waals surface area contributed by atoms with Crippen LogP contribution in [-0.4, -0.2) is 20.9 Å². The molecule has 0 radical (unpaired) electrons. The van der Waals surface area contributed by atoms with Crippen LogP contribution in [0.25, 0.3) is 0 Å². The summed E-state index contributed by atoms with van der Waals surface area (Å²) >= 11 is 7.39. The Hall–Kier alpha value is -1.53. The van der Waals surface area contributed by atoms with Crippen molar-refractivity contribution in [2.24, 2.45) is 7.05 Å². The van der Waals surface area contributed by atoms with Gasteiger partial charge in [-0.05, 0) is 18.9 Å². The second-order valence-electron chi connectivity index (χ2n) is 5.07. The minimum atomic E-state index is -0.976. The van der Waals surface area contributed by atoms with Crippen LogP contribution in [0.2, 0.25) is 5.15 Å². The topological polar surface area (TPSA) is 64.4 Å². The summed E-state index contributed by atoms with van der Waals surface area (Å²) in [6, 6.07) is 1.79. The number of halogens is 1. The molecule has 2 aromatic heterocycles. The Kier molecular flexibility index (Phi) is 4.58. The molecule has 7 heteroatoms. The summed E-state index contributed by atoms with van der Waals surface area (Å²) in [6.07, 6.45) is 0. The van der Waals surface area contributed by atoms with Crippen LogP contribution in [-0.2, 0) is 13.7 Å². The molecule has 0 aromatic carbocycles. The number of aryl methyl sites for hydroxylation is 2. The van der Waals surface area contributed by atoms with Crippen molar-refractivity contribution < 1.29 is 14.6 Å². The van der Waals surface area contributed by atoms with E-state index in [1.807, 2.05) is 20.8 Å². The lowest BCUT2D eigenvalue weighted by atomic mass is 10.2. The SMILES string of the molecule is Cc1nn(C)c(Cl)c1COc1cc(C(C)C)sc1C(=O)O. The largest absolute Gasteiger partial charge is 0.487 e. The Labute approximate surface area is 132 Å². The molecule has 2 aromatic rings. The molecule has 0 aliphatic heterocycles. The predicted octanol–water partition coefficient (Wildman–Crippen LogP) is 3.84. The number of carboxylic acid groups (broad SMARTS) is 1. The number of hydrogen-bond donors (Lipinski definition) is 1. The summed E-state index contributed by atoms with van der Waals surface area (Å²) in [5.41, 5.74) is 1.55. The number of carbonyl (C=O) groups is 1. The summed E-state index contributed by atoms with van der Waals surface area (Å²) in [5.74, 6) is -0.333. The van der Waals surface area contributed by atoms with E-state index >= 15 is 0 Å². The van der Waals surface area contributed by atoms with Gasteiger partial charge >= 0.3 is 5.97 Å². The first-order valence-electron chi connectivity index (χ1n) is 6.49. The lowest BCUT2D eigenvalue weighted by Gasteiger charge is -2.05. The van der Waals surface area contributed by atoms with Gasteiger partial charge in [0.05, 0.1) is 5.69 Å². The molecule has 0 atom stereocenters. The van der Waals surface area contributed by atoms with Gasteiger partial charge in [0.2, 0.25) is 0 Å². The maximum absolute atomic E-state index is 11.3. The Bertz CT molecular complexity index is 676. The lowest BCUT2D eigenvalue weighted by Crippen LogP contribution is -2.01. The first-order chi connectivity index (χ1) is 9.81. The molecule has 0 bridgehead atoms. The second-order valence-corrected chi connectivity index (χ2v) is 6.51. The van der Waals surface area contributed by atoms with Crippen LogP contribution in [0.4, 0.5) is 0 Å². The summed E-state index contributed by atoms with van der Waals surface area (Å²) < 4.78 is 7.25. The second kappa shape index (κ2) is 6.07. The number of aromatic nitrogens is 2. The monoisotopic (exact) mass is 328 g/mol. The van der Waals surface area contributed by atoms with Crippen LogP contribution in [0.3, 0.4) is 0 Å². The van der Waals surface area contributed by atoms with Gasteiger partial charge in [0.1, 0.15) is 17.5 Å². The highest BCUT2D eigenvalue weighted by Gasteiger charge is 2.20. The normalized spacial score (nSPS) is 11.1. The molecule has 0 saturated carbocycles. The zero-order chi connectivity index (χ0) is 15.7. The average molecular weight is 329 g/mol. The van der Waals surface area contributed by atoms with Crippen LogP contribution in [0.1, 0.15) is 45.6 Å². The molecule has 0 saturated heterocycles. The van der Waals surface area contributed by atoms with Gasteiger partial charge in [0.15, 0.2) is 4.88 Å². The highest BCUT2D eigenvalue weighted by atomic mass is 35.5. The fourth-order valence-corrected chi connectivity index (χ4v) is 3.09. The van der Waals surface area contributed by atoms with Crippen molar-refractivity contribution in [2.75, 3.05) is 0 Å². The van der Waals surface area contributed by atoms with Crippen LogP contribution in [0.15, 0.2) is 6.07 Å². The fourth-order valence-electron chi connectivity index (χ4n) is 1.92. The number of thiophene rings is 1. The number of nitrogens with zero attached hydrogens (tertiary/aromatic N) is 2. The van der Waals surface area contributed by atoms with E-state index in [2.05, 4.69) is 5.10 Å². The minimum absolute atomic E-state index is 0.201. The van der Waals surface area contributed by atoms with E-state index in [4.69, 9.17) is 16.3 Å². The zero-order valence-electron chi connectivity index (χ0n) is 12.3. The van der Waals surface area contributed by atoms with Gasteiger partial charge in [0.25, 0.3) is 0 Å². The van der Waals surface area contributed by atoms with E-state index in [0.717, 1.165) is 16.1 Å². The number of rotatable bonds is 5. The highest BCUT2D eigenvalue weighted by Crippen LogP contribution is 2.34. The third-order valence-corrected chi connectivity index (χ3v) is 5.00. The van der Waals surface area contributed by atoms with Crippen molar-refractivity contribution in [3.8, 4) is 5.75 Å². The molecule has 0 fully saturated rings. The number of ether oxygens (including phenoxy) is 1. The summed E-state index contributed by atoms with van der Waals surface area (Å²) in [6.45, 7) is 6.08. The molecular weight excluding hydrogens is 312 g/mol. The zero-order valence-corrected chi connectivity index (χ0v) is 13.9. The summed E-state index contributed by atoms with van der Waals surface area (Å²) in [5, 5.41) is 14.0. The number of aromatic carboxylic acids is 1. The average Bonchev–Trinajstić information content (AvgIpc) is 2.91. The van der Waals surface area contributed by atoms with Gasteiger partial charge in [-0.3, -0.25) is 4.68 Å². The van der Waals surface area contributed by atoms with E-state index in [9.17, 15) is 9.90 Å². The van der Waals surface area contributed by atoms with Gasteiger partial charge in [-0.1, -0.05) is 25.4 Å². The van der Waals surface area contributed by atoms with E-state index in [1.54, 1.807) is 17.8 Å². The molecule has 0 aliphatic rings. The Morgan fingerprint density at radius 3 is 2.71 bits per heavy atom. The first kappa shape index (κ1) is 15.9. The van der Waals surface area contributed by atoms with E-state index in [-0.39, 0.29) is 17.4 Å². The van der Waals surface area contributed by atoms with Gasteiger partial charge in [-0.2, -0.15) is 5.10 Å². The van der Waals surface area contributed by atoms with Crippen molar-refractivity contribution in [1.82, 2.24) is 9.78 Å². The predicted molar refractivity (Wildman–Crippen MR) is 82.7 cm³/mol. The molecular formula is C14H17ClN2O3S. The van der Waals surface area contributed by atoms with Crippen molar-refractivity contribution >= 4 is 28.9 Å². The van der Waals surface area contributed by atoms with Crippen molar-refractivity contribution in [3.05, 3.63) is 32.2 Å². The lowest BCUT2D eigenvalue weighted by molar-refractivity contribution is 0.0697. The molecule has 0 amide bonds. The minimum Gasteiger partial charge on any atom is -0.487 e. The van der Waals surface area contributed by atoms with Crippen LogP contribution in [0.5, 0.6) is 5.75 Å². The van der Waals surface area contributed by atoms with Crippen molar-refractivity contribution in [1.29, 1.82) is 0 Å². The molecule has 0 aliphatic carbocycles. The maximum Gasteiger partial charge on any atom is 0.349 e. The molecule has 0 spiro atoms. The Morgan fingerprint density at radius 2 is 2.24 bits per heavy atom. The fraction of sp³-hybridized carbons (Fsp3) is 0.429. The van der Waals surface area contributed by atoms with Crippen molar-refractivity contribution in [3.63, 3.8) is 0 Å². The highest BCUT2D eigenvalue weighted by molar-refractivity contribution is 7.14. The summed E-state index contributed by atoms with van der Waals surface area (Å²) in [7, 11) is 1.75. The van der Waals surface area contributed by atoms with Crippen LogP contribution in [0, 0.1) is 6.92 Å². The quantitative estimate of drug-likeness (QED) is 0.905. The van der Waals surface area contributed by atoms with Crippen molar-refractivity contribution in [2.45, 2.75) is 33.3 Å². The summed E-state index contributed by atoms with van der Waals surface area (Å²) in [4.78, 5) is 12.5. The number of carboxylic acids is 1. The number of hydrogen-bond acceptors (Lipinski definition) is 4. The Morgan fingerprint density at radius 1 is 1.57 bits per heavy atom. The molecule has 2 rings (SSSR count). The molecule has 1 N–H and O–H groups in total. The van der Waals surface area contributed by atoms with Gasteiger partial charge in [-0.25, -0.2) is 4.79 Å². The van der Waals surface area contributed by atoms with Gasteiger partial charge in [0, 0.05) is 17.5 Å². The van der Waals surface area contributed by atoms with E-state index in [1.165, 1.54) is 11.3 Å². The molecule has 5 nitrogen and oxygen atoms in total. The van der Waals surface area contributed by atoms with E-state index in [0.29, 0.717) is 10.9 Å². The smallest absolute Gasteiger partial charge is 0.349 e. The van der Waals surface area contributed by atoms with E-state index < -0.39 is 5.97 Å².